The Labute approximate surface area is 137 Å². The first-order chi connectivity index (χ1) is 10.9. The third kappa shape index (κ3) is 3.66. The topological polar surface area (TPSA) is 82.5 Å². The predicted octanol–water partition coefficient (Wildman–Crippen LogP) is 1.91. The van der Waals surface area contributed by atoms with Crippen molar-refractivity contribution in [2.45, 2.75) is 38.3 Å². The highest BCUT2D eigenvalue weighted by atomic mass is 32.2. The van der Waals surface area contributed by atoms with Gasteiger partial charge in [0.05, 0.1) is 17.9 Å². The SMILES string of the molecule is CCOc1nn(C)c(C(F)(F)F)c1CS(=O)(=O)C1=CC(C)(C)ON1. The maximum atomic E-state index is 13.3. The summed E-state index contributed by atoms with van der Waals surface area (Å²) in [5, 5.41) is 3.36. The van der Waals surface area contributed by atoms with Gasteiger partial charge in [0.15, 0.2) is 14.9 Å². The molecule has 24 heavy (non-hydrogen) atoms. The van der Waals surface area contributed by atoms with Gasteiger partial charge in [0.1, 0.15) is 11.3 Å². The molecular weight excluding hydrogens is 351 g/mol. The van der Waals surface area contributed by atoms with Gasteiger partial charge in [-0.15, -0.1) is 5.10 Å². The van der Waals surface area contributed by atoms with Crippen LogP contribution in [0.5, 0.6) is 5.88 Å². The molecule has 0 bridgehead atoms. The quantitative estimate of drug-likeness (QED) is 0.854. The molecule has 11 heteroatoms. The first-order valence-corrected chi connectivity index (χ1v) is 8.68. The van der Waals surface area contributed by atoms with Gasteiger partial charge >= 0.3 is 6.18 Å². The van der Waals surface area contributed by atoms with Crippen molar-refractivity contribution in [2.24, 2.45) is 7.05 Å². The standard InChI is InChI=1S/C13H18F3N3O4S/c1-5-22-11-8(10(13(14,15)16)19(4)17-11)7-24(20,21)9-6-12(2,3)23-18-9/h6,18H,5,7H2,1-4H3. The van der Waals surface area contributed by atoms with Crippen LogP contribution in [0.25, 0.3) is 0 Å². The Morgan fingerprint density at radius 3 is 2.50 bits per heavy atom. The molecule has 2 heterocycles. The Morgan fingerprint density at radius 2 is 2.04 bits per heavy atom. The fourth-order valence-corrected chi connectivity index (χ4v) is 3.69. The van der Waals surface area contributed by atoms with E-state index < -0.39 is 38.6 Å². The van der Waals surface area contributed by atoms with Crippen molar-refractivity contribution in [1.82, 2.24) is 15.3 Å². The summed E-state index contributed by atoms with van der Waals surface area (Å²) in [5.41, 5.74) is -0.322. The Bertz CT molecular complexity index is 766. The summed E-state index contributed by atoms with van der Waals surface area (Å²) < 4.78 is 70.4. The number of hydrogen-bond donors (Lipinski definition) is 1. The molecule has 0 saturated carbocycles. The molecule has 1 aliphatic rings. The van der Waals surface area contributed by atoms with Crippen molar-refractivity contribution >= 4 is 9.84 Å². The van der Waals surface area contributed by atoms with Crippen LogP contribution in [0.15, 0.2) is 11.1 Å². The number of nitrogens with zero attached hydrogens (tertiary/aromatic N) is 2. The summed E-state index contributed by atoms with van der Waals surface area (Å²) in [5.74, 6) is -1.27. The van der Waals surface area contributed by atoms with E-state index in [1.165, 1.54) is 6.08 Å². The number of aryl methyl sites for hydroxylation is 1. The van der Waals surface area contributed by atoms with E-state index in [1.54, 1.807) is 20.8 Å². The molecule has 1 N–H and O–H groups in total. The van der Waals surface area contributed by atoms with E-state index in [0.717, 1.165) is 7.05 Å². The number of sulfone groups is 1. The Morgan fingerprint density at radius 1 is 1.42 bits per heavy atom. The van der Waals surface area contributed by atoms with E-state index in [1.807, 2.05) is 0 Å². The molecule has 0 atom stereocenters. The van der Waals surface area contributed by atoms with Crippen LogP contribution in [0.3, 0.4) is 0 Å². The predicted molar refractivity (Wildman–Crippen MR) is 78.4 cm³/mol. The molecule has 136 valence electrons. The average molecular weight is 369 g/mol. The molecule has 1 aromatic rings. The minimum atomic E-state index is -4.77. The third-order valence-electron chi connectivity index (χ3n) is 3.22. The zero-order valence-electron chi connectivity index (χ0n) is 13.6. The van der Waals surface area contributed by atoms with Gasteiger partial charge < -0.3 is 4.74 Å². The summed E-state index contributed by atoms with van der Waals surface area (Å²) >= 11 is 0. The Kier molecular flexibility index (Phi) is 4.61. The molecule has 0 fully saturated rings. The lowest BCUT2D eigenvalue weighted by atomic mass is 10.1. The van der Waals surface area contributed by atoms with E-state index in [0.29, 0.717) is 4.68 Å². The molecule has 0 unspecified atom stereocenters. The van der Waals surface area contributed by atoms with Gasteiger partial charge in [-0.3, -0.25) is 15.0 Å². The van der Waals surface area contributed by atoms with Crippen LogP contribution >= 0.6 is 0 Å². The second kappa shape index (κ2) is 5.96. The van der Waals surface area contributed by atoms with Crippen molar-refractivity contribution in [3.05, 3.63) is 22.4 Å². The van der Waals surface area contributed by atoms with Crippen LogP contribution in [-0.4, -0.2) is 30.4 Å². The molecule has 2 rings (SSSR count). The molecular formula is C13H18F3N3O4S. The van der Waals surface area contributed by atoms with Gasteiger partial charge in [-0.05, 0) is 26.8 Å². The summed E-state index contributed by atoms with van der Waals surface area (Å²) in [7, 11) is -3.02. The number of alkyl halides is 3. The van der Waals surface area contributed by atoms with E-state index in [9.17, 15) is 21.6 Å². The molecule has 0 saturated heterocycles. The Balaban J connectivity index is 2.49. The number of hydroxylamine groups is 1. The van der Waals surface area contributed by atoms with Crippen molar-refractivity contribution < 1.29 is 31.2 Å². The molecule has 7 nitrogen and oxygen atoms in total. The van der Waals surface area contributed by atoms with Crippen LogP contribution in [0.2, 0.25) is 0 Å². The molecule has 1 aromatic heterocycles. The second-order valence-electron chi connectivity index (χ2n) is 5.76. The van der Waals surface area contributed by atoms with Crippen molar-refractivity contribution in [2.75, 3.05) is 6.61 Å². The highest BCUT2D eigenvalue weighted by Gasteiger charge is 2.42. The van der Waals surface area contributed by atoms with E-state index >= 15 is 0 Å². The molecule has 0 aliphatic carbocycles. The van der Waals surface area contributed by atoms with Crippen LogP contribution in [0.4, 0.5) is 13.2 Å². The van der Waals surface area contributed by atoms with Gasteiger partial charge in [-0.1, -0.05) is 0 Å². The summed E-state index contributed by atoms with van der Waals surface area (Å²) in [4.78, 5) is 5.06. The number of nitrogens with one attached hydrogen (secondary N) is 1. The van der Waals surface area contributed by atoms with Crippen molar-refractivity contribution in [3.63, 3.8) is 0 Å². The lowest BCUT2D eigenvalue weighted by Gasteiger charge is -2.12. The average Bonchev–Trinajstić information content (AvgIpc) is 2.90. The normalized spacial score (nSPS) is 17.5. The third-order valence-corrected chi connectivity index (χ3v) is 4.76. The monoisotopic (exact) mass is 369 g/mol. The highest BCUT2D eigenvalue weighted by molar-refractivity contribution is 7.94. The first kappa shape index (κ1) is 18.6. The summed E-state index contributed by atoms with van der Waals surface area (Å²) in [6.45, 7) is 4.84. The van der Waals surface area contributed by atoms with E-state index in [4.69, 9.17) is 9.57 Å². The largest absolute Gasteiger partial charge is 0.477 e. The molecule has 0 spiro atoms. The number of rotatable bonds is 5. The molecule has 0 radical (unpaired) electrons. The zero-order chi connectivity index (χ0) is 18.3. The van der Waals surface area contributed by atoms with Crippen molar-refractivity contribution in [1.29, 1.82) is 0 Å². The van der Waals surface area contributed by atoms with E-state index in [2.05, 4.69) is 10.6 Å². The van der Waals surface area contributed by atoms with Gasteiger partial charge in [0.2, 0.25) is 5.88 Å². The zero-order valence-corrected chi connectivity index (χ0v) is 14.4. The number of halogens is 3. The maximum Gasteiger partial charge on any atom is 0.433 e. The van der Waals surface area contributed by atoms with Crippen LogP contribution in [-0.2, 0) is 33.7 Å². The number of hydrogen-bond acceptors (Lipinski definition) is 6. The minimum Gasteiger partial charge on any atom is -0.477 e. The van der Waals surface area contributed by atoms with Crippen molar-refractivity contribution in [3.8, 4) is 5.88 Å². The lowest BCUT2D eigenvalue weighted by molar-refractivity contribution is -0.144. The fraction of sp³-hybridized carbons (Fsp3) is 0.615. The van der Waals surface area contributed by atoms with Crippen LogP contribution in [0.1, 0.15) is 32.0 Å². The fourth-order valence-electron chi connectivity index (χ4n) is 2.26. The van der Waals surface area contributed by atoms with Gasteiger partial charge in [0, 0.05) is 7.05 Å². The van der Waals surface area contributed by atoms with Gasteiger partial charge in [0.25, 0.3) is 0 Å². The number of ether oxygens (including phenoxy) is 1. The van der Waals surface area contributed by atoms with Gasteiger partial charge in [-0.2, -0.15) is 13.2 Å². The molecule has 0 amide bonds. The van der Waals surface area contributed by atoms with Crippen LogP contribution in [0, 0.1) is 0 Å². The summed E-state index contributed by atoms with van der Waals surface area (Å²) in [6.07, 6.45) is -3.47. The summed E-state index contributed by atoms with van der Waals surface area (Å²) in [6, 6.07) is 0. The second-order valence-corrected chi connectivity index (χ2v) is 7.72. The first-order valence-electron chi connectivity index (χ1n) is 7.03. The van der Waals surface area contributed by atoms with Gasteiger partial charge in [-0.25, -0.2) is 8.42 Å². The minimum absolute atomic E-state index is 0.0540. The number of aromatic nitrogens is 2. The smallest absolute Gasteiger partial charge is 0.433 e. The Hall–Kier alpha value is -1.75. The molecule has 1 aliphatic heterocycles. The lowest BCUT2D eigenvalue weighted by Crippen LogP contribution is -2.23. The molecule has 0 aromatic carbocycles. The van der Waals surface area contributed by atoms with Crippen LogP contribution < -0.4 is 10.2 Å². The van der Waals surface area contributed by atoms with E-state index in [-0.39, 0.29) is 17.5 Å². The highest BCUT2D eigenvalue weighted by Crippen LogP contribution is 2.37. The maximum absolute atomic E-state index is 13.3.